The predicted octanol–water partition coefficient (Wildman–Crippen LogP) is 4.05. The number of hydrogen-bond acceptors (Lipinski definition) is 2. The fourth-order valence-corrected chi connectivity index (χ4v) is 4.22. The minimum Gasteiger partial charge on any atom is -0.313 e. The van der Waals surface area contributed by atoms with E-state index in [1.165, 1.54) is 51.6 Å². The highest BCUT2D eigenvalue weighted by atomic mass is 15.2. The summed E-state index contributed by atoms with van der Waals surface area (Å²) in [5, 5.41) is 3.67. The molecule has 1 aliphatic carbocycles. The summed E-state index contributed by atoms with van der Waals surface area (Å²) in [5.41, 5.74) is 0.501. The molecule has 1 N–H and O–H groups in total. The Balaban J connectivity index is 1.87. The third kappa shape index (κ3) is 4.21. The first-order valence-electron chi connectivity index (χ1n) is 8.87. The zero-order valence-electron chi connectivity index (χ0n) is 14.4. The Bertz CT molecular complexity index is 278. The first-order chi connectivity index (χ1) is 9.38. The molecule has 1 aliphatic heterocycles. The predicted molar refractivity (Wildman–Crippen MR) is 88.1 cm³/mol. The molecular formula is C18H36N2. The Morgan fingerprint density at radius 1 is 1.05 bits per heavy atom. The van der Waals surface area contributed by atoms with E-state index in [0.717, 1.165) is 18.0 Å². The van der Waals surface area contributed by atoms with E-state index in [1.54, 1.807) is 0 Å². The maximum atomic E-state index is 3.67. The maximum absolute atomic E-state index is 3.67. The van der Waals surface area contributed by atoms with E-state index in [9.17, 15) is 0 Å². The first-order valence-corrected chi connectivity index (χ1v) is 8.87. The minimum absolute atomic E-state index is 0.501. The van der Waals surface area contributed by atoms with Crippen LogP contribution < -0.4 is 5.32 Å². The van der Waals surface area contributed by atoms with Crippen LogP contribution in [0, 0.1) is 11.3 Å². The van der Waals surface area contributed by atoms with E-state index in [1.807, 2.05) is 0 Å². The summed E-state index contributed by atoms with van der Waals surface area (Å²) >= 11 is 0. The van der Waals surface area contributed by atoms with E-state index in [-0.39, 0.29) is 0 Å². The summed E-state index contributed by atoms with van der Waals surface area (Å²) in [4.78, 5) is 2.79. The van der Waals surface area contributed by atoms with Crippen LogP contribution in [0.2, 0.25) is 0 Å². The zero-order chi connectivity index (χ0) is 14.8. The van der Waals surface area contributed by atoms with Gasteiger partial charge in [0.25, 0.3) is 0 Å². The number of nitrogens with one attached hydrogen (secondary N) is 1. The molecular weight excluding hydrogens is 244 g/mol. The summed E-state index contributed by atoms with van der Waals surface area (Å²) in [6, 6.07) is 2.27. The van der Waals surface area contributed by atoms with Gasteiger partial charge in [0.15, 0.2) is 0 Å². The number of hydrogen-bond donors (Lipinski definition) is 1. The Kier molecular flexibility index (Phi) is 5.53. The largest absolute Gasteiger partial charge is 0.313 e. The lowest BCUT2D eigenvalue weighted by atomic mass is 9.71. The van der Waals surface area contributed by atoms with Crippen molar-refractivity contribution in [2.45, 2.75) is 91.3 Å². The van der Waals surface area contributed by atoms with E-state index in [2.05, 4.69) is 44.8 Å². The van der Waals surface area contributed by atoms with Gasteiger partial charge in [-0.1, -0.05) is 20.8 Å². The fraction of sp³-hybridized carbons (Fsp3) is 1.00. The molecule has 1 unspecified atom stereocenters. The van der Waals surface area contributed by atoms with Crippen molar-refractivity contribution in [2.75, 3.05) is 13.1 Å². The van der Waals surface area contributed by atoms with Gasteiger partial charge in [-0.25, -0.2) is 0 Å². The van der Waals surface area contributed by atoms with E-state index in [4.69, 9.17) is 0 Å². The van der Waals surface area contributed by atoms with Crippen molar-refractivity contribution in [1.82, 2.24) is 10.2 Å². The van der Waals surface area contributed by atoms with Gasteiger partial charge in [0, 0.05) is 24.7 Å². The van der Waals surface area contributed by atoms with Gasteiger partial charge in [-0.2, -0.15) is 0 Å². The molecule has 1 atom stereocenters. The van der Waals surface area contributed by atoms with Crippen LogP contribution in [0.3, 0.4) is 0 Å². The van der Waals surface area contributed by atoms with Gasteiger partial charge in [-0.05, 0) is 70.3 Å². The highest BCUT2D eigenvalue weighted by Gasteiger charge is 2.33. The van der Waals surface area contributed by atoms with Gasteiger partial charge in [0.1, 0.15) is 0 Å². The summed E-state index contributed by atoms with van der Waals surface area (Å²) in [6.07, 6.45) is 8.42. The van der Waals surface area contributed by atoms with Crippen LogP contribution in [0.25, 0.3) is 0 Å². The number of nitrogens with zero attached hydrogens (tertiary/aromatic N) is 1. The molecule has 1 saturated carbocycles. The molecule has 0 bridgehead atoms. The van der Waals surface area contributed by atoms with Crippen molar-refractivity contribution in [3.05, 3.63) is 0 Å². The van der Waals surface area contributed by atoms with Crippen LogP contribution in [0.1, 0.15) is 73.1 Å². The van der Waals surface area contributed by atoms with Gasteiger partial charge in [0.05, 0.1) is 0 Å². The van der Waals surface area contributed by atoms with Crippen LogP contribution >= 0.6 is 0 Å². The molecule has 0 aromatic rings. The van der Waals surface area contributed by atoms with Crippen LogP contribution in [-0.2, 0) is 0 Å². The second-order valence-electron chi connectivity index (χ2n) is 8.46. The quantitative estimate of drug-likeness (QED) is 0.835. The Morgan fingerprint density at radius 2 is 1.70 bits per heavy atom. The Morgan fingerprint density at radius 3 is 2.15 bits per heavy atom. The monoisotopic (exact) mass is 280 g/mol. The second kappa shape index (κ2) is 6.79. The first kappa shape index (κ1) is 16.3. The van der Waals surface area contributed by atoms with Crippen LogP contribution in [-0.4, -0.2) is 36.1 Å². The summed E-state index contributed by atoms with van der Waals surface area (Å²) in [5.74, 6) is 0.928. The smallest absolute Gasteiger partial charge is 0.0195 e. The van der Waals surface area contributed by atoms with E-state index in [0.29, 0.717) is 11.5 Å². The molecule has 2 nitrogen and oxygen atoms in total. The topological polar surface area (TPSA) is 15.3 Å². The molecule has 0 radical (unpaired) electrons. The molecule has 0 aromatic carbocycles. The van der Waals surface area contributed by atoms with Crippen molar-refractivity contribution in [3.8, 4) is 0 Å². The van der Waals surface area contributed by atoms with Crippen molar-refractivity contribution in [3.63, 3.8) is 0 Å². The second-order valence-corrected chi connectivity index (χ2v) is 8.46. The Labute approximate surface area is 126 Å². The lowest BCUT2D eigenvalue weighted by Gasteiger charge is -2.43. The molecule has 0 spiro atoms. The summed E-state index contributed by atoms with van der Waals surface area (Å²) in [7, 11) is 0. The summed E-state index contributed by atoms with van der Waals surface area (Å²) in [6.45, 7) is 14.5. The molecule has 1 heterocycles. The maximum Gasteiger partial charge on any atom is 0.0195 e. The SMILES string of the molecule is CC(C)N(CC1CCCN1)C1CCC(C(C)(C)C)CC1. The van der Waals surface area contributed by atoms with Gasteiger partial charge < -0.3 is 5.32 Å². The third-order valence-corrected chi connectivity index (χ3v) is 5.65. The minimum atomic E-state index is 0.501. The lowest BCUT2D eigenvalue weighted by molar-refractivity contribution is 0.0699. The third-order valence-electron chi connectivity index (χ3n) is 5.65. The van der Waals surface area contributed by atoms with Crippen molar-refractivity contribution in [1.29, 1.82) is 0 Å². The van der Waals surface area contributed by atoms with E-state index >= 15 is 0 Å². The average Bonchev–Trinajstić information content (AvgIpc) is 2.87. The molecule has 2 rings (SSSR count). The van der Waals surface area contributed by atoms with Gasteiger partial charge >= 0.3 is 0 Å². The highest BCUT2D eigenvalue weighted by molar-refractivity contribution is 4.88. The molecule has 2 heteroatoms. The zero-order valence-corrected chi connectivity index (χ0v) is 14.4. The molecule has 1 saturated heterocycles. The summed E-state index contributed by atoms with van der Waals surface area (Å²) < 4.78 is 0. The molecule has 0 aromatic heterocycles. The van der Waals surface area contributed by atoms with Gasteiger partial charge in [-0.3, -0.25) is 4.90 Å². The molecule has 2 fully saturated rings. The van der Waals surface area contributed by atoms with Crippen molar-refractivity contribution < 1.29 is 0 Å². The standard InChI is InChI=1S/C18H36N2/c1-14(2)20(13-16-7-6-12-19-16)17-10-8-15(9-11-17)18(3,4)5/h14-17,19H,6-13H2,1-5H3. The Hall–Kier alpha value is -0.0800. The molecule has 20 heavy (non-hydrogen) atoms. The lowest BCUT2D eigenvalue weighted by Crippen LogP contribution is -2.48. The van der Waals surface area contributed by atoms with Crippen LogP contribution in [0.15, 0.2) is 0 Å². The van der Waals surface area contributed by atoms with Crippen molar-refractivity contribution >= 4 is 0 Å². The molecule has 2 aliphatic rings. The van der Waals surface area contributed by atoms with Crippen LogP contribution in [0.4, 0.5) is 0 Å². The average molecular weight is 281 g/mol. The van der Waals surface area contributed by atoms with Crippen LogP contribution in [0.5, 0.6) is 0 Å². The molecule has 118 valence electrons. The number of rotatable bonds is 4. The normalized spacial score (nSPS) is 32.2. The van der Waals surface area contributed by atoms with Crippen molar-refractivity contribution in [2.24, 2.45) is 11.3 Å². The highest BCUT2D eigenvalue weighted by Crippen LogP contribution is 2.39. The van der Waals surface area contributed by atoms with Gasteiger partial charge in [0.2, 0.25) is 0 Å². The van der Waals surface area contributed by atoms with Gasteiger partial charge in [-0.15, -0.1) is 0 Å². The molecule has 0 amide bonds. The van der Waals surface area contributed by atoms with E-state index < -0.39 is 0 Å². The fourth-order valence-electron chi connectivity index (χ4n) is 4.22.